The Bertz CT molecular complexity index is 661. The number of benzene rings is 1. The number of morpholine rings is 1. The van der Waals surface area contributed by atoms with Crippen LogP contribution in [0.15, 0.2) is 23.1 Å². The number of nitrogens with zero attached hydrogens (tertiary/aromatic N) is 1. The van der Waals surface area contributed by atoms with Gasteiger partial charge in [0.05, 0.1) is 20.3 Å². The molecule has 6 nitrogen and oxygen atoms in total. The van der Waals surface area contributed by atoms with Crippen LogP contribution in [0.25, 0.3) is 0 Å². The van der Waals surface area contributed by atoms with E-state index in [1.807, 2.05) is 0 Å². The van der Waals surface area contributed by atoms with Gasteiger partial charge >= 0.3 is 0 Å². The van der Waals surface area contributed by atoms with Crippen LogP contribution >= 0.6 is 11.6 Å². The lowest BCUT2D eigenvalue weighted by Gasteiger charge is -2.35. The number of hydrogen-bond acceptors (Lipinski definition) is 5. The van der Waals surface area contributed by atoms with Gasteiger partial charge in [-0.2, -0.15) is 0 Å². The molecule has 0 aromatic heterocycles. The number of methoxy groups -OCH3 is 1. The molecule has 1 fully saturated rings. The summed E-state index contributed by atoms with van der Waals surface area (Å²) in [7, 11) is -2.27. The Kier molecular flexibility index (Phi) is 7.51. The van der Waals surface area contributed by atoms with E-state index < -0.39 is 10.0 Å². The van der Waals surface area contributed by atoms with E-state index in [4.69, 9.17) is 21.1 Å². The highest BCUT2D eigenvalue weighted by molar-refractivity contribution is 7.89. The summed E-state index contributed by atoms with van der Waals surface area (Å²) < 4.78 is 38.8. The van der Waals surface area contributed by atoms with Crippen molar-refractivity contribution in [3.63, 3.8) is 0 Å². The van der Waals surface area contributed by atoms with Crippen LogP contribution in [0, 0.1) is 5.92 Å². The topological polar surface area (TPSA) is 67.9 Å². The molecule has 2 rings (SSSR count). The molecule has 0 amide bonds. The second-order valence-electron chi connectivity index (χ2n) is 6.58. The first-order valence-corrected chi connectivity index (χ1v) is 10.3. The lowest BCUT2D eigenvalue weighted by atomic mass is 10.0. The normalized spacial score (nSPS) is 17.6. The number of rotatable bonds is 8. The molecule has 1 unspecified atom stereocenters. The molecule has 0 aliphatic carbocycles. The molecule has 142 valence electrons. The first-order chi connectivity index (χ1) is 11.8. The van der Waals surface area contributed by atoms with E-state index in [9.17, 15) is 8.42 Å². The molecular weight excluding hydrogens is 364 g/mol. The van der Waals surface area contributed by atoms with E-state index in [0.29, 0.717) is 30.7 Å². The molecule has 1 aromatic carbocycles. The zero-order chi connectivity index (χ0) is 18.4. The quantitative estimate of drug-likeness (QED) is 0.738. The van der Waals surface area contributed by atoms with Gasteiger partial charge < -0.3 is 9.47 Å². The minimum absolute atomic E-state index is 0.0628. The summed E-state index contributed by atoms with van der Waals surface area (Å²) in [6.07, 6.45) is 0.912. The highest BCUT2D eigenvalue weighted by Crippen LogP contribution is 2.27. The fourth-order valence-electron chi connectivity index (χ4n) is 2.99. The summed E-state index contributed by atoms with van der Waals surface area (Å²) >= 11 is 5.96. The van der Waals surface area contributed by atoms with Crippen LogP contribution in [0.3, 0.4) is 0 Å². The van der Waals surface area contributed by atoms with Crippen molar-refractivity contribution >= 4 is 21.6 Å². The third kappa shape index (κ3) is 5.82. The Morgan fingerprint density at radius 3 is 2.60 bits per heavy atom. The van der Waals surface area contributed by atoms with Crippen molar-refractivity contribution in [2.45, 2.75) is 31.2 Å². The van der Waals surface area contributed by atoms with Gasteiger partial charge in [-0.1, -0.05) is 25.4 Å². The molecule has 1 heterocycles. The van der Waals surface area contributed by atoms with Crippen molar-refractivity contribution in [2.75, 3.05) is 40.0 Å². The Balaban J connectivity index is 2.13. The van der Waals surface area contributed by atoms with Crippen molar-refractivity contribution in [3.8, 4) is 5.75 Å². The average Bonchev–Trinajstić information content (AvgIpc) is 2.59. The molecule has 0 radical (unpaired) electrons. The molecule has 8 heteroatoms. The lowest BCUT2D eigenvalue weighted by molar-refractivity contribution is 0.0134. The number of nitrogens with one attached hydrogen (secondary N) is 1. The average molecular weight is 391 g/mol. The molecule has 0 bridgehead atoms. The van der Waals surface area contributed by atoms with Gasteiger partial charge in [-0.3, -0.25) is 4.90 Å². The standard InChI is InChI=1S/C17H27ClN2O4S/c1-13(2)10-15(20-6-8-24-9-7-20)12-19-25(21,22)17-11-14(18)4-5-16(17)23-3/h4-5,11,13,15,19H,6-10,12H2,1-3H3. The molecule has 1 aliphatic heterocycles. The van der Waals surface area contributed by atoms with Crippen molar-refractivity contribution in [1.29, 1.82) is 0 Å². The van der Waals surface area contributed by atoms with Crippen molar-refractivity contribution < 1.29 is 17.9 Å². The second-order valence-corrected chi connectivity index (χ2v) is 8.75. The van der Waals surface area contributed by atoms with Gasteiger partial charge in [0, 0.05) is 30.7 Å². The van der Waals surface area contributed by atoms with Gasteiger partial charge in [0.1, 0.15) is 10.6 Å². The minimum Gasteiger partial charge on any atom is -0.495 e. The Morgan fingerprint density at radius 2 is 2.00 bits per heavy atom. The van der Waals surface area contributed by atoms with Crippen molar-refractivity contribution in [1.82, 2.24) is 9.62 Å². The second kappa shape index (κ2) is 9.19. The molecule has 1 aromatic rings. The van der Waals surface area contributed by atoms with Crippen LogP contribution in [-0.2, 0) is 14.8 Å². The molecule has 0 saturated carbocycles. The van der Waals surface area contributed by atoms with E-state index in [-0.39, 0.29) is 16.7 Å². The monoisotopic (exact) mass is 390 g/mol. The molecule has 1 N–H and O–H groups in total. The highest BCUT2D eigenvalue weighted by atomic mass is 35.5. The SMILES string of the molecule is COc1ccc(Cl)cc1S(=O)(=O)NCC(CC(C)C)N1CCOCC1. The summed E-state index contributed by atoms with van der Waals surface area (Å²) in [6, 6.07) is 4.71. The zero-order valence-corrected chi connectivity index (χ0v) is 16.6. The van der Waals surface area contributed by atoms with Crippen LogP contribution in [0.4, 0.5) is 0 Å². The summed E-state index contributed by atoms with van der Waals surface area (Å²) in [5.74, 6) is 0.752. The maximum Gasteiger partial charge on any atom is 0.244 e. The maximum atomic E-state index is 12.7. The first kappa shape index (κ1) is 20.5. The summed E-state index contributed by atoms with van der Waals surface area (Å²) in [4.78, 5) is 2.36. The molecule has 1 saturated heterocycles. The number of ether oxygens (including phenoxy) is 2. The summed E-state index contributed by atoms with van der Waals surface area (Å²) in [5, 5.41) is 0.355. The van der Waals surface area contributed by atoms with Gasteiger partial charge in [0.15, 0.2) is 0 Å². The highest BCUT2D eigenvalue weighted by Gasteiger charge is 2.26. The van der Waals surface area contributed by atoms with Crippen LogP contribution in [-0.4, -0.2) is 59.3 Å². The third-order valence-corrected chi connectivity index (χ3v) is 5.91. The van der Waals surface area contributed by atoms with E-state index in [2.05, 4.69) is 23.5 Å². The van der Waals surface area contributed by atoms with Gasteiger partial charge in [0.25, 0.3) is 0 Å². The number of halogens is 1. The summed E-state index contributed by atoms with van der Waals surface area (Å²) in [5.41, 5.74) is 0. The van der Waals surface area contributed by atoms with Gasteiger partial charge in [-0.25, -0.2) is 13.1 Å². The predicted molar refractivity (Wildman–Crippen MR) is 98.8 cm³/mol. The fraction of sp³-hybridized carbons (Fsp3) is 0.647. The Morgan fingerprint density at radius 1 is 1.32 bits per heavy atom. The number of hydrogen-bond donors (Lipinski definition) is 1. The van der Waals surface area contributed by atoms with Gasteiger partial charge in [-0.15, -0.1) is 0 Å². The van der Waals surface area contributed by atoms with E-state index in [1.54, 1.807) is 12.1 Å². The van der Waals surface area contributed by atoms with Crippen molar-refractivity contribution in [3.05, 3.63) is 23.2 Å². The van der Waals surface area contributed by atoms with E-state index in [1.165, 1.54) is 13.2 Å². The van der Waals surface area contributed by atoms with Crippen LogP contribution in [0.5, 0.6) is 5.75 Å². The van der Waals surface area contributed by atoms with E-state index >= 15 is 0 Å². The van der Waals surface area contributed by atoms with Crippen molar-refractivity contribution in [2.24, 2.45) is 5.92 Å². The molecular formula is C17H27ClN2O4S. The first-order valence-electron chi connectivity index (χ1n) is 8.48. The van der Waals surface area contributed by atoms with Crippen LogP contribution in [0.2, 0.25) is 5.02 Å². The van der Waals surface area contributed by atoms with Crippen LogP contribution in [0.1, 0.15) is 20.3 Å². The molecule has 1 atom stereocenters. The largest absolute Gasteiger partial charge is 0.495 e. The van der Waals surface area contributed by atoms with Crippen LogP contribution < -0.4 is 9.46 Å². The lowest BCUT2D eigenvalue weighted by Crippen LogP contribution is -2.49. The predicted octanol–water partition coefficient (Wildman–Crippen LogP) is 2.37. The Hall–Kier alpha value is -0.860. The fourth-order valence-corrected chi connectivity index (χ4v) is 4.49. The third-order valence-electron chi connectivity index (χ3n) is 4.23. The zero-order valence-electron chi connectivity index (χ0n) is 15.0. The smallest absolute Gasteiger partial charge is 0.244 e. The molecule has 1 aliphatic rings. The van der Waals surface area contributed by atoms with Gasteiger partial charge in [0.2, 0.25) is 10.0 Å². The molecule has 0 spiro atoms. The molecule has 25 heavy (non-hydrogen) atoms. The van der Waals surface area contributed by atoms with Gasteiger partial charge in [-0.05, 0) is 30.5 Å². The minimum atomic E-state index is -3.71. The van der Waals surface area contributed by atoms with E-state index in [0.717, 1.165) is 19.5 Å². The maximum absolute atomic E-state index is 12.7. The Labute approximate surface area is 155 Å². The summed E-state index contributed by atoms with van der Waals surface area (Å²) in [6.45, 7) is 7.63. The number of sulfonamides is 1.